The van der Waals surface area contributed by atoms with Crippen molar-refractivity contribution in [3.63, 3.8) is 0 Å². The lowest BCUT2D eigenvalue weighted by Gasteiger charge is -2.09. The minimum atomic E-state index is -4.03. The number of hydrogen-bond donors (Lipinski definition) is 1. The Hall–Kier alpha value is -2.35. The summed E-state index contributed by atoms with van der Waals surface area (Å²) < 4.78 is 29.0. The molecule has 3 rings (SSSR count). The van der Waals surface area contributed by atoms with Gasteiger partial charge in [-0.2, -0.15) is 0 Å². The second kappa shape index (κ2) is 7.95. The maximum absolute atomic E-state index is 12.7. The first-order chi connectivity index (χ1) is 13.2. The van der Waals surface area contributed by atoms with Crippen molar-refractivity contribution in [1.29, 1.82) is 0 Å². The minimum absolute atomic E-state index is 0.0499. The average Bonchev–Trinajstić information content (AvgIpc) is 3.05. The number of carbonyl (C=O) groups excluding carboxylic acids is 1. The van der Waals surface area contributed by atoms with Crippen molar-refractivity contribution in [1.82, 2.24) is 14.3 Å². The van der Waals surface area contributed by atoms with Crippen LogP contribution < -0.4 is 4.72 Å². The molecule has 0 aliphatic rings. The van der Waals surface area contributed by atoms with E-state index in [1.54, 1.807) is 48.0 Å². The molecule has 0 bridgehead atoms. The van der Waals surface area contributed by atoms with Gasteiger partial charge in [-0.15, -0.1) is 0 Å². The molecule has 0 saturated heterocycles. The van der Waals surface area contributed by atoms with Crippen LogP contribution in [0.1, 0.15) is 23.0 Å². The van der Waals surface area contributed by atoms with E-state index in [1.807, 2.05) is 6.92 Å². The minimum Gasteiger partial charge on any atom is -0.333 e. The number of halogens is 2. The highest BCUT2D eigenvalue weighted by atomic mass is 35.5. The largest absolute Gasteiger partial charge is 0.333 e. The molecule has 0 aliphatic carbocycles. The van der Waals surface area contributed by atoms with E-state index >= 15 is 0 Å². The third-order valence-corrected chi connectivity index (χ3v) is 6.42. The van der Waals surface area contributed by atoms with Crippen molar-refractivity contribution in [3.05, 3.63) is 70.0 Å². The first kappa shape index (κ1) is 20.4. The molecule has 146 valence electrons. The van der Waals surface area contributed by atoms with Crippen molar-refractivity contribution in [2.24, 2.45) is 7.05 Å². The highest BCUT2D eigenvalue weighted by molar-refractivity contribution is 7.90. The summed E-state index contributed by atoms with van der Waals surface area (Å²) in [5, 5.41) is 0.654. The number of amides is 1. The van der Waals surface area contributed by atoms with Gasteiger partial charge in [-0.1, -0.05) is 54.4 Å². The van der Waals surface area contributed by atoms with Crippen LogP contribution in [-0.4, -0.2) is 23.9 Å². The lowest BCUT2D eigenvalue weighted by molar-refractivity contribution is 0.0977. The molecular weight excluding hydrogens is 421 g/mol. The van der Waals surface area contributed by atoms with Gasteiger partial charge < -0.3 is 4.57 Å². The predicted octanol–water partition coefficient (Wildman–Crippen LogP) is 4.08. The molecular formula is C19H17Cl2N3O3S. The Morgan fingerprint density at radius 1 is 1.14 bits per heavy atom. The molecule has 1 aromatic heterocycles. The Balaban J connectivity index is 1.93. The smallest absolute Gasteiger partial charge is 0.285 e. The van der Waals surface area contributed by atoms with E-state index in [4.69, 9.17) is 23.2 Å². The molecule has 0 spiro atoms. The SMILES string of the molecule is CCc1ccccc1S(=O)(=O)NC(=O)c1cn(C)c(-c2cccc(Cl)c2Cl)n1. The number of carbonyl (C=O) groups is 1. The summed E-state index contributed by atoms with van der Waals surface area (Å²) in [5.74, 6) is -0.435. The predicted molar refractivity (Wildman–Crippen MR) is 109 cm³/mol. The highest BCUT2D eigenvalue weighted by Crippen LogP contribution is 2.32. The summed E-state index contributed by atoms with van der Waals surface area (Å²) in [6.45, 7) is 1.84. The first-order valence-corrected chi connectivity index (χ1v) is 10.6. The molecule has 0 aliphatic heterocycles. The van der Waals surface area contributed by atoms with Gasteiger partial charge in [0.1, 0.15) is 11.5 Å². The molecule has 0 radical (unpaired) electrons. The molecule has 1 N–H and O–H groups in total. The Bertz CT molecular complexity index is 1160. The summed E-state index contributed by atoms with van der Waals surface area (Å²) >= 11 is 12.3. The maximum Gasteiger partial charge on any atom is 0.285 e. The third-order valence-electron chi connectivity index (χ3n) is 4.17. The average molecular weight is 438 g/mol. The van der Waals surface area contributed by atoms with Gasteiger partial charge in [-0.25, -0.2) is 18.1 Å². The second-order valence-corrected chi connectivity index (χ2v) is 8.49. The maximum atomic E-state index is 12.7. The number of aryl methyl sites for hydroxylation is 2. The van der Waals surface area contributed by atoms with Gasteiger partial charge in [0.2, 0.25) is 0 Å². The summed E-state index contributed by atoms with van der Waals surface area (Å²) in [4.78, 5) is 16.9. The number of benzene rings is 2. The van der Waals surface area contributed by atoms with Crippen LogP contribution in [0.25, 0.3) is 11.4 Å². The molecule has 9 heteroatoms. The molecule has 2 aromatic carbocycles. The first-order valence-electron chi connectivity index (χ1n) is 8.37. The molecule has 0 atom stereocenters. The van der Waals surface area contributed by atoms with E-state index < -0.39 is 15.9 Å². The number of hydrogen-bond acceptors (Lipinski definition) is 4. The quantitative estimate of drug-likeness (QED) is 0.651. The number of rotatable bonds is 5. The van der Waals surface area contributed by atoms with Crippen LogP contribution in [0.4, 0.5) is 0 Å². The molecule has 3 aromatic rings. The zero-order chi connectivity index (χ0) is 20.5. The molecule has 0 unspecified atom stereocenters. The molecule has 6 nitrogen and oxygen atoms in total. The van der Waals surface area contributed by atoms with Gasteiger partial charge >= 0.3 is 0 Å². The summed E-state index contributed by atoms with van der Waals surface area (Å²) in [5.41, 5.74) is 1.11. The second-order valence-electron chi connectivity index (χ2n) is 6.06. The monoisotopic (exact) mass is 437 g/mol. The van der Waals surface area contributed by atoms with Crippen molar-refractivity contribution in [2.45, 2.75) is 18.2 Å². The van der Waals surface area contributed by atoms with Gasteiger partial charge in [-0.05, 0) is 30.2 Å². The standard InChI is InChI=1S/C19H17Cl2N3O3S/c1-3-12-7-4-5-10-16(12)28(26,27)23-19(25)15-11-24(2)18(22-15)13-8-6-9-14(20)17(13)21/h4-11H,3H2,1-2H3,(H,23,25). The van der Waals surface area contributed by atoms with Crippen molar-refractivity contribution < 1.29 is 13.2 Å². The highest BCUT2D eigenvalue weighted by Gasteiger charge is 2.24. The number of nitrogens with one attached hydrogen (secondary N) is 1. The fourth-order valence-electron chi connectivity index (χ4n) is 2.79. The van der Waals surface area contributed by atoms with Crippen LogP contribution in [-0.2, 0) is 23.5 Å². The fraction of sp³-hybridized carbons (Fsp3) is 0.158. The molecule has 1 heterocycles. The Kier molecular flexibility index (Phi) is 5.79. The lowest BCUT2D eigenvalue weighted by atomic mass is 10.2. The Morgan fingerprint density at radius 2 is 1.86 bits per heavy atom. The van der Waals surface area contributed by atoms with Crippen LogP contribution in [0, 0.1) is 0 Å². The Morgan fingerprint density at radius 3 is 2.57 bits per heavy atom. The normalized spacial score (nSPS) is 11.4. The zero-order valence-corrected chi connectivity index (χ0v) is 17.4. The number of nitrogens with zero attached hydrogens (tertiary/aromatic N) is 2. The molecule has 0 saturated carbocycles. The van der Waals surface area contributed by atoms with Gasteiger partial charge in [0, 0.05) is 18.8 Å². The van der Waals surface area contributed by atoms with Crippen LogP contribution >= 0.6 is 23.2 Å². The molecule has 1 amide bonds. The summed E-state index contributed by atoms with van der Waals surface area (Å²) in [6, 6.07) is 11.6. The van der Waals surface area contributed by atoms with Gasteiger partial charge in [0.05, 0.1) is 14.9 Å². The van der Waals surface area contributed by atoms with Crippen LogP contribution in [0.15, 0.2) is 53.6 Å². The van der Waals surface area contributed by atoms with Crippen LogP contribution in [0.5, 0.6) is 0 Å². The van der Waals surface area contributed by atoms with Gasteiger partial charge in [0.25, 0.3) is 15.9 Å². The van der Waals surface area contributed by atoms with E-state index in [0.717, 1.165) is 0 Å². The van der Waals surface area contributed by atoms with Crippen molar-refractivity contribution in [3.8, 4) is 11.4 Å². The molecule has 28 heavy (non-hydrogen) atoms. The van der Waals surface area contributed by atoms with E-state index in [2.05, 4.69) is 9.71 Å². The third kappa shape index (κ3) is 3.92. The van der Waals surface area contributed by atoms with E-state index in [9.17, 15) is 13.2 Å². The number of imidazole rings is 1. The lowest BCUT2D eigenvalue weighted by Crippen LogP contribution is -2.31. The van der Waals surface area contributed by atoms with E-state index in [1.165, 1.54) is 12.3 Å². The fourth-order valence-corrected chi connectivity index (χ4v) is 4.45. The van der Waals surface area contributed by atoms with Gasteiger partial charge in [0.15, 0.2) is 0 Å². The van der Waals surface area contributed by atoms with Gasteiger partial charge in [-0.3, -0.25) is 4.79 Å². The topological polar surface area (TPSA) is 81.1 Å². The zero-order valence-electron chi connectivity index (χ0n) is 15.1. The van der Waals surface area contributed by atoms with Crippen LogP contribution in [0.2, 0.25) is 10.0 Å². The number of sulfonamides is 1. The Labute approximate surface area is 173 Å². The van der Waals surface area contributed by atoms with Crippen molar-refractivity contribution >= 4 is 39.1 Å². The summed E-state index contributed by atoms with van der Waals surface area (Å²) in [7, 11) is -2.35. The van der Waals surface area contributed by atoms with Crippen molar-refractivity contribution in [2.75, 3.05) is 0 Å². The van der Waals surface area contributed by atoms with E-state index in [-0.39, 0.29) is 10.6 Å². The number of aromatic nitrogens is 2. The summed E-state index contributed by atoms with van der Waals surface area (Å²) in [6.07, 6.45) is 1.95. The molecule has 0 fully saturated rings. The van der Waals surface area contributed by atoms with E-state index in [0.29, 0.717) is 33.4 Å². The van der Waals surface area contributed by atoms with Crippen LogP contribution in [0.3, 0.4) is 0 Å².